The molecule has 0 fully saturated rings. The number of aromatic nitrogens is 1. The molecule has 3 aromatic rings. The van der Waals surface area contributed by atoms with Gasteiger partial charge >= 0.3 is 12.3 Å². The number of rotatable bonds is 12. The summed E-state index contributed by atoms with van der Waals surface area (Å²) in [5.41, 5.74) is 3.02. The number of ether oxygens (including phenoxy) is 2. The molecule has 0 unspecified atom stereocenters. The molecule has 0 saturated heterocycles. The highest BCUT2D eigenvalue weighted by atomic mass is 19.3. The molecule has 1 heterocycles. The fourth-order valence-electron chi connectivity index (χ4n) is 3.12. The second kappa shape index (κ2) is 10.5. The van der Waals surface area contributed by atoms with Crippen molar-refractivity contribution < 1.29 is 27.0 Å². The lowest BCUT2D eigenvalue weighted by Crippen LogP contribution is -2.33. The molecule has 2 aromatic carbocycles. The van der Waals surface area contributed by atoms with E-state index in [4.69, 9.17) is 9.47 Å². The van der Waals surface area contributed by atoms with Gasteiger partial charge < -0.3 is 19.8 Å². The largest absolute Gasteiger partial charge is 0.494 e. The van der Waals surface area contributed by atoms with Gasteiger partial charge in [-0.1, -0.05) is 19.1 Å². The van der Waals surface area contributed by atoms with E-state index >= 15 is 0 Å². The predicted molar refractivity (Wildman–Crippen MR) is 112 cm³/mol. The van der Waals surface area contributed by atoms with Gasteiger partial charge in [-0.25, -0.2) is 8.78 Å². The lowest BCUT2D eigenvalue weighted by molar-refractivity contribution is -0.148. The van der Waals surface area contributed by atoms with Crippen LogP contribution in [0.2, 0.25) is 0 Å². The zero-order chi connectivity index (χ0) is 22.3. The quantitative estimate of drug-likeness (QED) is 0.287. The van der Waals surface area contributed by atoms with Crippen molar-refractivity contribution in [1.82, 2.24) is 10.3 Å². The average Bonchev–Trinajstić information content (AvgIpc) is 3.16. The first-order chi connectivity index (χ1) is 14.9. The Bertz CT molecular complexity index is 975. The fourth-order valence-corrected chi connectivity index (χ4v) is 3.12. The number of nitrogens with one attached hydrogen (secondary N) is 2. The first-order valence-corrected chi connectivity index (χ1v) is 10.2. The zero-order valence-corrected chi connectivity index (χ0v) is 17.3. The van der Waals surface area contributed by atoms with Gasteiger partial charge in [-0.3, -0.25) is 0 Å². The number of alkyl halides is 4. The molecular formula is C23H26F4N2O2. The third-order valence-corrected chi connectivity index (χ3v) is 4.76. The Morgan fingerprint density at radius 1 is 1.06 bits per heavy atom. The van der Waals surface area contributed by atoms with Crippen LogP contribution >= 0.6 is 0 Å². The van der Waals surface area contributed by atoms with Gasteiger partial charge in [0.25, 0.3) is 0 Å². The molecule has 0 amide bonds. The summed E-state index contributed by atoms with van der Waals surface area (Å²) in [6, 6.07) is 12.5. The molecular weight excluding hydrogens is 412 g/mol. The Morgan fingerprint density at radius 2 is 1.87 bits per heavy atom. The molecule has 0 atom stereocenters. The van der Waals surface area contributed by atoms with Gasteiger partial charge in [0.05, 0.1) is 6.61 Å². The maximum absolute atomic E-state index is 13.0. The number of hydrogen-bond acceptors (Lipinski definition) is 3. The van der Waals surface area contributed by atoms with Crippen LogP contribution in [0.15, 0.2) is 48.7 Å². The summed E-state index contributed by atoms with van der Waals surface area (Å²) < 4.78 is 61.1. The van der Waals surface area contributed by atoms with Crippen molar-refractivity contribution in [2.24, 2.45) is 0 Å². The molecule has 0 aliphatic rings. The Hall–Kier alpha value is -2.74. The van der Waals surface area contributed by atoms with E-state index in [0.29, 0.717) is 19.7 Å². The van der Waals surface area contributed by atoms with Crippen molar-refractivity contribution in [2.45, 2.75) is 38.7 Å². The van der Waals surface area contributed by atoms with Gasteiger partial charge in [0.1, 0.15) is 11.5 Å². The Balaban J connectivity index is 1.51. The number of hydrogen-bond donors (Lipinski definition) is 2. The summed E-state index contributed by atoms with van der Waals surface area (Å²) in [6.45, 7) is 2.57. The average molecular weight is 438 g/mol. The van der Waals surface area contributed by atoms with Crippen LogP contribution in [-0.4, -0.2) is 37.1 Å². The lowest BCUT2D eigenvalue weighted by Gasteiger charge is -2.16. The molecule has 168 valence electrons. The number of fused-ring (bicyclic) bond motifs is 1. The van der Waals surface area contributed by atoms with Crippen LogP contribution < -0.4 is 14.8 Å². The fraction of sp³-hybridized carbons (Fsp3) is 0.391. The van der Waals surface area contributed by atoms with Crippen molar-refractivity contribution in [2.75, 3.05) is 19.8 Å². The normalized spacial score (nSPS) is 11.9. The maximum atomic E-state index is 13.0. The van der Waals surface area contributed by atoms with Gasteiger partial charge in [0, 0.05) is 23.6 Å². The monoisotopic (exact) mass is 438 g/mol. The van der Waals surface area contributed by atoms with Crippen LogP contribution in [0, 0.1) is 0 Å². The summed E-state index contributed by atoms with van der Waals surface area (Å²) in [6.07, 6.45) is -0.0408. The molecule has 0 radical (unpaired) electrons. The molecule has 31 heavy (non-hydrogen) atoms. The number of H-pyrrole nitrogens is 1. The van der Waals surface area contributed by atoms with Crippen LogP contribution in [-0.2, 0) is 13.0 Å². The van der Waals surface area contributed by atoms with Crippen LogP contribution in [0.3, 0.4) is 0 Å². The van der Waals surface area contributed by atoms with Gasteiger partial charge in [-0.15, -0.1) is 0 Å². The van der Waals surface area contributed by atoms with Crippen LogP contribution in [0.5, 0.6) is 11.5 Å². The minimum atomic E-state index is -4.17. The van der Waals surface area contributed by atoms with Crippen molar-refractivity contribution in [3.05, 3.63) is 59.8 Å². The second-order valence-electron chi connectivity index (χ2n) is 7.29. The lowest BCUT2D eigenvalue weighted by atomic mass is 10.1. The summed E-state index contributed by atoms with van der Waals surface area (Å²) in [5.74, 6) is -3.19. The van der Waals surface area contributed by atoms with Crippen molar-refractivity contribution in [3.63, 3.8) is 0 Å². The second-order valence-corrected chi connectivity index (χ2v) is 7.29. The molecule has 0 spiro atoms. The van der Waals surface area contributed by atoms with Crippen molar-refractivity contribution in [1.29, 1.82) is 0 Å². The first kappa shape index (κ1) is 22.9. The highest BCUT2D eigenvalue weighted by Crippen LogP contribution is 2.25. The molecule has 0 saturated carbocycles. The van der Waals surface area contributed by atoms with E-state index in [0.717, 1.165) is 40.6 Å². The van der Waals surface area contributed by atoms with Crippen molar-refractivity contribution in [3.8, 4) is 11.5 Å². The predicted octanol–water partition coefficient (Wildman–Crippen LogP) is 5.57. The highest BCUT2D eigenvalue weighted by molar-refractivity contribution is 5.84. The summed E-state index contributed by atoms with van der Waals surface area (Å²) in [4.78, 5) is 3.26. The van der Waals surface area contributed by atoms with Gasteiger partial charge in [-0.2, -0.15) is 8.78 Å². The van der Waals surface area contributed by atoms with E-state index in [1.165, 1.54) is 6.07 Å². The van der Waals surface area contributed by atoms with Crippen LogP contribution in [0.25, 0.3) is 10.9 Å². The van der Waals surface area contributed by atoms with E-state index in [1.807, 2.05) is 30.5 Å². The highest BCUT2D eigenvalue weighted by Gasteiger charge is 2.41. The molecule has 1 aromatic heterocycles. The molecule has 0 aliphatic heterocycles. The molecule has 0 aliphatic carbocycles. The number of benzene rings is 2. The van der Waals surface area contributed by atoms with Gasteiger partial charge in [0.2, 0.25) is 0 Å². The minimum absolute atomic E-state index is 0.135. The molecule has 2 N–H and O–H groups in total. The van der Waals surface area contributed by atoms with E-state index in [1.54, 1.807) is 12.1 Å². The third kappa shape index (κ3) is 6.37. The Kier molecular flexibility index (Phi) is 7.79. The number of aromatic amines is 1. The van der Waals surface area contributed by atoms with E-state index < -0.39 is 19.0 Å². The summed E-state index contributed by atoms with van der Waals surface area (Å²) in [5, 5.41) is 4.42. The molecule has 4 nitrogen and oxygen atoms in total. The van der Waals surface area contributed by atoms with Gasteiger partial charge in [-0.05, 0) is 60.8 Å². The number of halogens is 4. The molecule has 3 rings (SSSR count). The Morgan fingerprint density at radius 3 is 2.65 bits per heavy atom. The third-order valence-electron chi connectivity index (χ3n) is 4.76. The van der Waals surface area contributed by atoms with Crippen LogP contribution in [0.4, 0.5) is 17.6 Å². The maximum Gasteiger partial charge on any atom is 0.340 e. The summed E-state index contributed by atoms with van der Waals surface area (Å²) in [7, 11) is 0. The van der Waals surface area contributed by atoms with E-state index in [2.05, 4.69) is 17.2 Å². The SMILES string of the molecule is CCCOc1ccc2[nH]cc(CCNCc3cccc(OCC(F)(F)C(F)F)c3)c2c1. The topological polar surface area (TPSA) is 46.3 Å². The van der Waals surface area contributed by atoms with E-state index in [9.17, 15) is 17.6 Å². The smallest absolute Gasteiger partial charge is 0.340 e. The van der Waals surface area contributed by atoms with E-state index in [-0.39, 0.29) is 5.75 Å². The standard InChI is InChI=1S/C23H26F4N2O2/c1-2-10-30-19-6-7-21-20(12-19)17(14-29-21)8-9-28-13-16-4-3-5-18(11-16)31-15-23(26,27)22(24)25/h3-7,11-12,14,22,28-29H,2,8-10,13,15H2,1H3. The van der Waals surface area contributed by atoms with Crippen molar-refractivity contribution >= 4 is 10.9 Å². The van der Waals surface area contributed by atoms with Gasteiger partial charge in [0.15, 0.2) is 6.61 Å². The zero-order valence-electron chi connectivity index (χ0n) is 17.3. The van der Waals surface area contributed by atoms with Crippen LogP contribution in [0.1, 0.15) is 24.5 Å². The Labute approximate surface area is 178 Å². The molecule has 8 heteroatoms. The molecule has 0 bridgehead atoms. The minimum Gasteiger partial charge on any atom is -0.494 e. The summed E-state index contributed by atoms with van der Waals surface area (Å²) >= 11 is 0. The first-order valence-electron chi connectivity index (χ1n) is 10.2.